The van der Waals surface area contributed by atoms with Gasteiger partial charge in [0.15, 0.2) is 0 Å². The Kier molecular flexibility index (Phi) is 32.0. The largest absolute Gasteiger partial charge is 0.481 e. The average Bonchev–Trinajstić information content (AvgIpc) is 3.30. The van der Waals surface area contributed by atoms with Crippen LogP contribution < -0.4 is 70.4 Å². The first-order valence-corrected chi connectivity index (χ1v) is 24.9. The minimum atomic E-state index is -1.91. The van der Waals surface area contributed by atoms with Crippen LogP contribution in [0.5, 0.6) is 0 Å². The number of unbranched alkanes of at least 4 members (excludes halogenated alkanes) is 1. The highest BCUT2D eigenvalue weighted by molar-refractivity contribution is 7.80. The molecule has 32 heteroatoms. The lowest BCUT2D eigenvalue weighted by Gasteiger charge is -2.28. The highest BCUT2D eigenvalue weighted by Gasteiger charge is 2.37. The molecule has 0 heterocycles. The maximum absolute atomic E-state index is 13.9. The molecule has 0 aliphatic carbocycles. The number of aliphatic carboxylic acids is 1. The fourth-order valence-corrected chi connectivity index (χ4v) is 7.16. The van der Waals surface area contributed by atoms with Crippen molar-refractivity contribution in [3.05, 3.63) is 0 Å². The van der Waals surface area contributed by atoms with Crippen molar-refractivity contribution in [1.82, 2.24) is 53.2 Å². The van der Waals surface area contributed by atoms with E-state index in [9.17, 15) is 82.8 Å². The molecule has 0 fully saturated rings. The van der Waals surface area contributed by atoms with E-state index in [1.807, 2.05) is 0 Å². The smallest absolute Gasteiger partial charge is 0.303 e. The third kappa shape index (κ3) is 26.6. The van der Waals surface area contributed by atoms with Gasteiger partial charge in [0.2, 0.25) is 70.9 Å². The molecule has 12 amide bonds. The molecule has 0 unspecified atom stereocenters. The zero-order valence-electron chi connectivity index (χ0n) is 42.5. The molecule has 0 aromatic rings. The van der Waals surface area contributed by atoms with E-state index >= 15 is 0 Å². The Hall–Kier alpha value is -6.35. The summed E-state index contributed by atoms with van der Waals surface area (Å²) in [6.45, 7) is 7.05. The van der Waals surface area contributed by atoms with Crippen molar-refractivity contribution in [3.63, 3.8) is 0 Å². The molecule has 12 atom stereocenters. The number of primary amides is 2. The Morgan fingerprint density at radius 3 is 1.33 bits per heavy atom. The van der Waals surface area contributed by atoms with Crippen molar-refractivity contribution < 1.29 is 82.8 Å². The van der Waals surface area contributed by atoms with Gasteiger partial charge in [0.1, 0.15) is 54.4 Å². The van der Waals surface area contributed by atoms with Gasteiger partial charge in [0.05, 0.1) is 31.3 Å². The predicted molar refractivity (Wildman–Crippen MR) is 271 cm³/mol. The Balaban J connectivity index is 6.38. The van der Waals surface area contributed by atoms with Gasteiger partial charge in [-0.3, -0.25) is 62.3 Å². The number of rotatable bonds is 36. The van der Waals surface area contributed by atoms with Crippen LogP contribution in [0.1, 0.15) is 86.5 Å². The van der Waals surface area contributed by atoms with Gasteiger partial charge < -0.3 is 90.8 Å². The summed E-state index contributed by atoms with van der Waals surface area (Å²) in [4.78, 5) is 167. The second-order valence-electron chi connectivity index (χ2n) is 17.8. The van der Waals surface area contributed by atoms with Crippen LogP contribution >= 0.6 is 25.3 Å². The number of hydrogen-bond donors (Lipinski definition) is 19. The lowest BCUT2D eigenvalue weighted by Crippen LogP contribution is -2.62. The molecule has 0 aromatic heterocycles. The van der Waals surface area contributed by atoms with Crippen LogP contribution in [0.25, 0.3) is 0 Å². The zero-order valence-corrected chi connectivity index (χ0v) is 44.3. The summed E-state index contributed by atoms with van der Waals surface area (Å²) >= 11 is 7.94. The monoisotopic (exact) mass is 1110 g/mol. The van der Waals surface area contributed by atoms with Gasteiger partial charge in [-0.25, -0.2) is 0 Å². The van der Waals surface area contributed by atoms with Crippen molar-refractivity contribution in [1.29, 1.82) is 0 Å². The average molecular weight is 1110 g/mol. The van der Waals surface area contributed by atoms with Crippen LogP contribution in [-0.4, -0.2) is 195 Å². The maximum atomic E-state index is 13.9. The van der Waals surface area contributed by atoms with Crippen LogP contribution in [0.15, 0.2) is 0 Å². The first-order chi connectivity index (χ1) is 34.9. The summed E-state index contributed by atoms with van der Waals surface area (Å²) in [6.07, 6.45) is -6.64. The number of nitrogens with one attached hydrogen (secondary N) is 10. The Bertz CT molecular complexity index is 2020. The number of nitrogens with two attached hydrogens (primary N) is 3. The minimum absolute atomic E-state index is 0.0355. The number of aliphatic hydroxyl groups is 3. The van der Waals surface area contributed by atoms with Gasteiger partial charge in [-0.15, -0.1) is 0 Å². The van der Waals surface area contributed by atoms with E-state index in [1.165, 1.54) is 6.92 Å². The number of carboxylic acid groups (broad SMARTS) is 1. The number of carbonyl (C=O) groups is 13. The predicted octanol–water partition coefficient (Wildman–Crippen LogP) is -8.11. The van der Waals surface area contributed by atoms with E-state index in [1.54, 1.807) is 13.8 Å². The number of hydrogen-bond acceptors (Lipinski definition) is 19. The first kappa shape index (κ1) is 68.6. The molecule has 0 aromatic carbocycles. The van der Waals surface area contributed by atoms with Crippen LogP contribution in [0.4, 0.5) is 0 Å². The molecular weight excluding hydrogens is 1030 g/mol. The third-order valence-electron chi connectivity index (χ3n) is 10.6. The topological polar surface area (TPSA) is 501 Å². The van der Waals surface area contributed by atoms with Gasteiger partial charge in [0, 0.05) is 24.9 Å². The van der Waals surface area contributed by atoms with Crippen LogP contribution in [0.2, 0.25) is 0 Å². The zero-order chi connectivity index (χ0) is 57.9. The van der Waals surface area contributed by atoms with Crippen LogP contribution in [0, 0.1) is 5.92 Å². The van der Waals surface area contributed by atoms with Crippen molar-refractivity contribution in [3.8, 4) is 0 Å². The summed E-state index contributed by atoms with van der Waals surface area (Å²) in [7, 11) is 0. The Labute approximate surface area is 443 Å². The van der Waals surface area contributed by atoms with Crippen molar-refractivity contribution in [2.24, 2.45) is 23.1 Å². The molecule has 30 nitrogen and oxygen atoms in total. The first-order valence-electron chi connectivity index (χ1n) is 23.6. The summed E-state index contributed by atoms with van der Waals surface area (Å²) in [5.74, 6) is -14.6. The highest BCUT2D eigenvalue weighted by atomic mass is 32.1. The Morgan fingerprint density at radius 1 is 0.493 bits per heavy atom. The third-order valence-corrected chi connectivity index (χ3v) is 11.3. The molecule has 75 heavy (non-hydrogen) atoms. The normalized spacial score (nSPS) is 15.9. The Morgan fingerprint density at radius 2 is 0.907 bits per heavy atom. The van der Waals surface area contributed by atoms with E-state index in [0.29, 0.717) is 6.42 Å². The quantitative estimate of drug-likeness (QED) is 0.0205. The van der Waals surface area contributed by atoms with Crippen molar-refractivity contribution >= 4 is 102 Å². The number of amides is 12. The second-order valence-corrected chi connectivity index (χ2v) is 18.5. The molecule has 426 valence electrons. The molecule has 0 rings (SSSR count). The molecular formula is C43H75N13O17S2. The second kappa shape index (κ2) is 35.0. The molecule has 0 saturated carbocycles. The standard InChI is InChI=1S/C43H75N13O17S2/c1-18(2)13-25(39(69)54-32(19(3)57)42(72)53-27(16-74)35(46)65)52-37(67)23(9-7-8-12-44)50-38(68)26(14-29(45)61)49-30(62)15-47-36(66)24(10-11-31(63)64)51-41(71)33(20(4)58)56-43(73)34(21(5)59)55-40(70)28(17-75)48-22(6)60/h18-21,23-28,32-34,57-59,74-75H,7-17,44H2,1-6H3,(H2,45,61)(H2,46,65)(H,47,66)(H,48,60)(H,49,62)(H,50,68)(H,51,71)(H,52,67)(H,53,72)(H,54,69)(H,55,70)(H,56,73)(H,63,64)/t19-,20-,21-,23+,24+,25+,26+,27+,28+,32+,33+,34+/m1/s1. The number of carbonyl (C=O) groups excluding carboxylic acids is 12. The van der Waals surface area contributed by atoms with Crippen molar-refractivity contribution in [2.75, 3.05) is 24.6 Å². The molecule has 0 aliphatic rings. The molecule has 0 spiro atoms. The van der Waals surface area contributed by atoms with E-state index in [-0.39, 0.29) is 43.2 Å². The van der Waals surface area contributed by atoms with Gasteiger partial charge >= 0.3 is 5.97 Å². The lowest BCUT2D eigenvalue weighted by atomic mass is 10.0. The minimum Gasteiger partial charge on any atom is -0.481 e. The number of thiol groups is 2. The van der Waals surface area contributed by atoms with Gasteiger partial charge in [-0.2, -0.15) is 25.3 Å². The summed E-state index contributed by atoms with van der Waals surface area (Å²) in [5, 5.41) is 63.1. The maximum Gasteiger partial charge on any atom is 0.303 e. The van der Waals surface area contributed by atoms with Gasteiger partial charge in [0.25, 0.3) is 0 Å². The summed E-state index contributed by atoms with van der Waals surface area (Å²) in [6, 6.07) is -14.3. The summed E-state index contributed by atoms with van der Waals surface area (Å²) in [5.41, 5.74) is 16.3. The van der Waals surface area contributed by atoms with Crippen molar-refractivity contribution in [2.45, 2.75) is 159 Å². The van der Waals surface area contributed by atoms with E-state index in [4.69, 9.17) is 17.2 Å². The van der Waals surface area contributed by atoms with E-state index in [2.05, 4.69) is 78.4 Å². The summed E-state index contributed by atoms with van der Waals surface area (Å²) < 4.78 is 0. The highest BCUT2D eigenvalue weighted by Crippen LogP contribution is 2.10. The van der Waals surface area contributed by atoms with Gasteiger partial charge in [-0.1, -0.05) is 13.8 Å². The van der Waals surface area contributed by atoms with E-state index < -0.39 is 175 Å². The molecule has 20 N–H and O–H groups in total. The molecule has 0 bridgehead atoms. The SMILES string of the molecule is CC(=O)N[C@@H](CS)C(=O)N[C@H](C(=O)N[C@H](C(=O)N[C@@H](CCC(=O)O)C(=O)NCC(=O)N[C@@H](CC(N)=O)C(=O)N[C@@H](CCCCN)C(=O)N[C@@H](CC(C)C)C(=O)N[C@H](C(=O)N[C@@H](CS)C(N)=O)[C@@H](C)O)[C@@H](C)O)[C@@H](C)O. The van der Waals surface area contributed by atoms with E-state index in [0.717, 1.165) is 20.8 Å². The van der Waals surface area contributed by atoms with Crippen LogP contribution in [-0.2, 0) is 62.3 Å². The van der Waals surface area contributed by atoms with Gasteiger partial charge in [-0.05, 0) is 65.3 Å². The fourth-order valence-electron chi connectivity index (χ4n) is 6.63. The lowest BCUT2D eigenvalue weighted by molar-refractivity contribution is -0.139. The fraction of sp³-hybridized carbons (Fsp3) is 0.698. The van der Waals surface area contributed by atoms with Crippen LogP contribution in [0.3, 0.4) is 0 Å². The molecule has 0 radical (unpaired) electrons. The number of carboxylic acids is 1. The molecule has 0 aliphatic heterocycles. The number of aliphatic hydroxyl groups excluding tert-OH is 3. The molecule has 0 saturated heterocycles.